The second-order valence-corrected chi connectivity index (χ2v) is 7.68. The van der Waals surface area contributed by atoms with Crippen molar-refractivity contribution in [3.05, 3.63) is 64.6 Å². The van der Waals surface area contributed by atoms with Crippen LogP contribution in [0.1, 0.15) is 11.1 Å². The van der Waals surface area contributed by atoms with E-state index in [4.69, 9.17) is 17.0 Å². The number of aromatic hydroxyl groups is 1. The van der Waals surface area contributed by atoms with E-state index in [2.05, 4.69) is 0 Å². The number of carboxylic acid groups (broad SMARTS) is 1. The minimum Gasteiger partial charge on any atom is -0.548 e. The van der Waals surface area contributed by atoms with E-state index in [1.54, 1.807) is 42.5 Å². The summed E-state index contributed by atoms with van der Waals surface area (Å²) in [5.74, 6) is -1.62. The Kier molecular flexibility index (Phi) is 6.01. The molecule has 0 aromatic heterocycles. The Hall–Kier alpha value is -2.84. The molecule has 1 heterocycles. The fourth-order valence-corrected chi connectivity index (χ4v) is 4.16. The molecule has 1 aliphatic rings. The summed E-state index contributed by atoms with van der Waals surface area (Å²) in [4.78, 5) is 26.0. The molecule has 8 heteroatoms. The van der Waals surface area contributed by atoms with Gasteiger partial charge in [0.15, 0.2) is 11.5 Å². The third kappa shape index (κ3) is 4.18. The van der Waals surface area contributed by atoms with Crippen LogP contribution in [0.3, 0.4) is 0 Å². The van der Waals surface area contributed by atoms with Gasteiger partial charge < -0.3 is 19.7 Å². The lowest BCUT2D eigenvalue weighted by molar-refractivity contribution is -0.310. The number of benzene rings is 2. The molecule has 0 unspecified atom stereocenters. The van der Waals surface area contributed by atoms with Gasteiger partial charge in [-0.15, -0.1) is 0 Å². The second-order valence-electron chi connectivity index (χ2n) is 6.01. The molecule has 1 N–H and O–H groups in total. The topological polar surface area (TPSA) is 89.9 Å². The Bertz CT molecular complexity index is 958. The number of hydrogen-bond acceptors (Lipinski definition) is 7. The van der Waals surface area contributed by atoms with Gasteiger partial charge in [0.05, 0.1) is 24.0 Å². The highest BCUT2D eigenvalue weighted by Gasteiger charge is 2.37. The fraction of sp³-hybridized carbons (Fsp3) is 0.150. The Morgan fingerprint density at radius 1 is 1.32 bits per heavy atom. The Balaban J connectivity index is 1.88. The summed E-state index contributed by atoms with van der Waals surface area (Å²) < 4.78 is 5.22. The van der Waals surface area contributed by atoms with Crippen molar-refractivity contribution in [2.24, 2.45) is 0 Å². The monoisotopic (exact) mass is 414 g/mol. The van der Waals surface area contributed by atoms with Gasteiger partial charge >= 0.3 is 0 Å². The Labute approximate surface area is 171 Å². The molecule has 1 aliphatic heterocycles. The molecular formula is C20H16NO5S2-. The number of phenols is 1. The predicted octanol–water partition coefficient (Wildman–Crippen LogP) is 1.96. The van der Waals surface area contributed by atoms with Gasteiger partial charge in [0.1, 0.15) is 4.32 Å². The van der Waals surface area contributed by atoms with Crippen molar-refractivity contribution in [3.8, 4) is 11.5 Å². The molecule has 0 bridgehead atoms. The summed E-state index contributed by atoms with van der Waals surface area (Å²) >= 11 is 6.29. The molecule has 28 heavy (non-hydrogen) atoms. The number of ether oxygens (including phenoxy) is 1. The van der Waals surface area contributed by atoms with E-state index < -0.39 is 17.9 Å². The number of nitrogens with zero attached hydrogens (tertiary/aromatic N) is 1. The highest BCUT2D eigenvalue weighted by atomic mass is 32.2. The van der Waals surface area contributed by atoms with Crippen LogP contribution in [0.25, 0.3) is 6.08 Å². The minimum atomic E-state index is -1.37. The molecule has 1 amide bonds. The summed E-state index contributed by atoms with van der Waals surface area (Å²) in [7, 11) is 1.42. The first kappa shape index (κ1) is 19.9. The maximum Gasteiger partial charge on any atom is 0.266 e. The number of aliphatic carboxylic acids is 1. The first-order valence-electron chi connectivity index (χ1n) is 8.29. The number of amides is 1. The van der Waals surface area contributed by atoms with Gasteiger partial charge in [0.25, 0.3) is 5.91 Å². The number of methoxy groups -OCH3 is 1. The van der Waals surface area contributed by atoms with E-state index in [-0.39, 0.29) is 27.1 Å². The molecule has 6 nitrogen and oxygen atoms in total. The second kappa shape index (κ2) is 8.45. The molecule has 0 spiro atoms. The zero-order valence-corrected chi connectivity index (χ0v) is 16.5. The molecule has 3 rings (SSSR count). The molecule has 1 fully saturated rings. The van der Waals surface area contributed by atoms with Crippen LogP contribution in [0, 0.1) is 0 Å². The van der Waals surface area contributed by atoms with Crippen molar-refractivity contribution in [2.45, 2.75) is 12.5 Å². The average molecular weight is 414 g/mol. The van der Waals surface area contributed by atoms with Crippen LogP contribution in [-0.2, 0) is 16.0 Å². The summed E-state index contributed by atoms with van der Waals surface area (Å²) in [6.07, 6.45) is 1.67. The van der Waals surface area contributed by atoms with Crippen LogP contribution in [0.2, 0.25) is 0 Å². The van der Waals surface area contributed by atoms with Crippen molar-refractivity contribution in [1.29, 1.82) is 0 Å². The van der Waals surface area contributed by atoms with Gasteiger partial charge in [-0.3, -0.25) is 9.69 Å². The number of thiocarbonyl (C=S) groups is 1. The summed E-state index contributed by atoms with van der Waals surface area (Å²) in [6, 6.07) is 12.4. The van der Waals surface area contributed by atoms with Gasteiger partial charge in [0.2, 0.25) is 0 Å². The lowest BCUT2D eigenvalue weighted by Crippen LogP contribution is -2.51. The predicted molar refractivity (Wildman–Crippen MR) is 109 cm³/mol. The molecule has 0 aliphatic carbocycles. The highest BCUT2D eigenvalue weighted by Crippen LogP contribution is 2.36. The Morgan fingerprint density at radius 2 is 2.04 bits per heavy atom. The van der Waals surface area contributed by atoms with Gasteiger partial charge in [0, 0.05) is 0 Å². The van der Waals surface area contributed by atoms with E-state index in [1.165, 1.54) is 13.2 Å². The molecule has 1 saturated heterocycles. The minimum absolute atomic E-state index is 0.0212. The van der Waals surface area contributed by atoms with Crippen molar-refractivity contribution in [1.82, 2.24) is 4.90 Å². The molecule has 2 aromatic rings. The van der Waals surface area contributed by atoms with Crippen molar-refractivity contribution in [2.75, 3.05) is 7.11 Å². The van der Waals surface area contributed by atoms with Crippen LogP contribution in [0.5, 0.6) is 11.5 Å². The molecule has 144 valence electrons. The van der Waals surface area contributed by atoms with Crippen LogP contribution in [-0.4, -0.2) is 39.4 Å². The normalized spacial score (nSPS) is 16.5. The van der Waals surface area contributed by atoms with E-state index in [0.717, 1.165) is 22.2 Å². The number of hydrogen-bond donors (Lipinski definition) is 1. The quantitative estimate of drug-likeness (QED) is 0.571. The number of carboxylic acids is 1. The first-order chi connectivity index (χ1) is 13.4. The lowest BCUT2D eigenvalue weighted by Gasteiger charge is -2.27. The third-order valence-corrected chi connectivity index (χ3v) is 5.51. The zero-order chi connectivity index (χ0) is 20.3. The van der Waals surface area contributed by atoms with Crippen molar-refractivity contribution in [3.63, 3.8) is 0 Å². The zero-order valence-electron chi connectivity index (χ0n) is 14.8. The lowest BCUT2D eigenvalue weighted by atomic mass is 10.0. The molecule has 0 radical (unpaired) electrons. The summed E-state index contributed by atoms with van der Waals surface area (Å²) in [6.45, 7) is 0. The Morgan fingerprint density at radius 3 is 2.68 bits per heavy atom. The van der Waals surface area contributed by atoms with Gasteiger partial charge in [-0.2, -0.15) is 0 Å². The van der Waals surface area contributed by atoms with Crippen LogP contribution in [0.15, 0.2) is 53.4 Å². The number of thioether (sulfide) groups is 1. The van der Waals surface area contributed by atoms with Crippen LogP contribution < -0.4 is 9.84 Å². The van der Waals surface area contributed by atoms with Gasteiger partial charge in [-0.05, 0) is 35.8 Å². The summed E-state index contributed by atoms with van der Waals surface area (Å²) in [5, 5.41) is 21.4. The maximum absolute atomic E-state index is 12.9. The van der Waals surface area contributed by atoms with E-state index in [0.29, 0.717) is 5.56 Å². The van der Waals surface area contributed by atoms with Crippen molar-refractivity contribution < 1.29 is 24.5 Å². The molecule has 0 saturated carbocycles. The van der Waals surface area contributed by atoms with Crippen LogP contribution >= 0.6 is 24.0 Å². The maximum atomic E-state index is 12.9. The smallest absolute Gasteiger partial charge is 0.266 e. The highest BCUT2D eigenvalue weighted by molar-refractivity contribution is 8.26. The third-order valence-electron chi connectivity index (χ3n) is 4.18. The van der Waals surface area contributed by atoms with E-state index in [9.17, 15) is 19.8 Å². The molecule has 2 aromatic carbocycles. The average Bonchev–Trinajstić information content (AvgIpc) is 2.95. The first-order valence-corrected chi connectivity index (χ1v) is 9.52. The number of phenolic OH excluding ortho intramolecular Hbond substituents is 1. The summed E-state index contributed by atoms with van der Waals surface area (Å²) in [5.41, 5.74) is 1.38. The van der Waals surface area contributed by atoms with Crippen molar-refractivity contribution >= 4 is 46.3 Å². The number of carbonyl (C=O) groups is 2. The standard InChI is InChI=1S/C20H17NO5S2/c1-26-16-10-13(7-8-15(16)22)11-17-18(23)21(20(27)28-17)14(19(24)25)9-12-5-3-2-4-6-12/h2-8,10-11,14,22H,9H2,1H3,(H,24,25)/p-1/b17-11+/t14-/m0/s1. The van der Waals surface area contributed by atoms with Gasteiger partial charge in [-0.1, -0.05) is 60.4 Å². The fourth-order valence-electron chi connectivity index (χ4n) is 2.80. The molecular weight excluding hydrogens is 398 g/mol. The number of carbonyl (C=O) groups excluding carboxylic acids is 2. The van der Waals surface area contributed by atoms with E-state index in [1.807, 2.05) is 6.07 Å². The molecule has 1 atom stereocenters. The van der Waals surface area contributed by atoms with Gasteiger partial charge in [-0.25, -0.2) is 0 Å². The number of rotatable bonds is 6. The van der Waals surface area contributed by atoms with Crippen LogP contribution in [0.4, 0.5) is 0 Å². The van der Waals surface area contributed by atoms with E-state index >= 15 is 0 Å². The largest absolute Gasteiger partial charge is 0.548 e. The SMILES string of the molecule is COc1cc(/C=C2/SC(=S)N([C@@H](Cc3ccccc3)C(=O)[O-])C2=O)ccc1O.